The Hall–Kier alpha value is -2.42. The highest BCUT2D eigenvalue weighted by Crippen LogP contribution is 2.38. The summed E-state index contributed by atoms with van der Waals surface area (Å²) in [6.07, 6.45) is 0. The van der Waals surface area contributed by atoms with E-state index >= 15 is 0 Å². The fraction of sp³-hybridized carbons (Fsp3) is 0.474. The number of rotatable bonds is 5. The Morgan fingerprint density at radius 2 is 2.07 bits per heavy atom. The molecule has 7 nitrogen and oxygen atoms in total. The lowest BCUT2D eigenvalue weighted by Gasteiger charge is -2.30. The summed E-state index contributed by atoms with van der Waals surface area (Å²) in [4.78, 5) is 12.4. The minimum Gasteiger partial charge on any atom is -0.477 e. The van der Waals surface area contributed by atoms with E-state index < -0.39 is 21.6 Å². The van der Waals surface area contributed by atoms with Crippen molar-refractivity contribution in [1.29, 1.82) is 0 Å². The van der Waals surface area contributed by atoms with Crippen LogP contribution in [0.15, 0.2) is 23.1 Å². The summed E-state index contributed by atoms with van der Waals surface area (Å²) >= 11 is 0. The maximum atomic E-state index is 14.8. The second kappa shape index (κ2) is 7.20. The Morgan fingerprint density at radius 3 is 2.68 bits per heavy atom. The van der Waals surface area contributed by atoms with E-state index in [4.69, 9.17) is 9.47 Å². The molecule has 0 amide bonds. The number of esters is 1. The summed E-state index contributed by atoms with van der Waals surface area (Å²) in [6, 6.07) is 3.58. The van der Waals surface area contributed by atoms with Crippen LogP contribution in [0.5, 0.6) is 5.88 Å². The quantitative estimate of drug-likeness (QED) is 0.704. The third-order valence-electron chi connectivity index (χ3n) is 4.50. The van der Waals surface area contributed by atoms with E-state index in [2.05, 4.69) is 5.10 Å². The molecule has 0 saturated carbocycles. The van der Waals surface area contributed by atoms with E-state index in [1.165, 1.54) is 23.7 Å². The topological polar surface area (TPSA) is 87.5 Å². The summed E-state index contributed by atoms with van der Waals surface area (Å²) < 4.78 is 51.3. The van der Waals surface area contributed by atoms with Crippen molar-refractivity contribution in [1.82, 2.24) is 9.78 Å². The molecule has 28 heavy (non-hydrogen) atoms. The van der Waals surface area contributed by atoms with Crippen LogP contribution < -0.4 is 4.74 Å². The Balaban J connectivity index is 2.16. The zero-order valence-electron chi connectivity index (χ0n) is 16.3. The molecule has 0 aliphatic carbocycles. The van der Waals surface area contributed by atoms with Gasteiger partial charge in [0, 0.05) is 11.0 Å². The van der Waals surface area contributed by atoms with Gasteiger partial charge in [0.25, 0.3) is 0 Å². The minimum absolute atomic E-state index is 0.0152. The van der Waals surface area contributed by atoms with Gasteiger partial charge in [0.2, 0.25) is 5.88 Å². The molecule has 1 aliphatic heterocycles. The first-order valence-corrected chi connectivity index (χ1v) is 10.7. The zero-order valence-corrected chi connectivity index (χ0v) is 17.1. The Labute approximate surface area is 163 Å². The predicted molar refractivity (Wildman–Crippen MR) is 101 cm³/mol. The third kappa shape index (κ3) is 3.63. The number of hydrogen-bond donors (Lipinski definition) is 0. The molecule has 0 N–H and O–H groups in total. The largest absolute Gasteiger partial charge is 0.477 e. The second-order valence-corrected chi connectivity index (χ2v) is 9.68. The van der Waals surface area contributed by atoms with Gasteiger partial charge < -0.3 is 9.47 Å². The van der Waals surface area contributed by atoms with Gasteiger partial charge in [-0.1, -0.05) is 20.8 Å². The number of nitrogens with zero attached hydrogens (tertiary/aromatic N) is 2. The van der Waals surface area contributed by atoms with E-state index in [0.29, 0.717) is 13.2 Å². The molecule has 9 heteroatoms. The van der Waals surface area contributed by atoms with Crippen molar-refractivity contribution >= 4 is 15.8 Å². The number of halogens is 1. The lowest BCUT2D eigenvalue weighted by atomic mass is 9.94. The molecule has 2 heterocycles. The number of ether oxygens (including phenoxy) is 2. The van der Waals surface area contributed by atoms with Gasteiger partial charge in [0.15, 0.2) is 9.84 Å². The Bertz CT molecular complexity index is 1030. The molecule has 0 spiro atoms. The van der Waals surface area contributed by atoms with Gasteiger partial charge in [-0.3, -0.25) is 0 Å². The summed E-state index contributed by atoms with van der Waals surface area (Å²) in [6.45, 7) is 8.15. The number of benzene rings is 1. The van der Waals surface area contributed by atoms with Crippen LogP contribution in [0.3, 0.4) is 0 Å². The molecule has 152 valence electrons. The highest BCUT2D eigenvalue weighted by atomic mass is 32.2. The molecule has 1 aromatic heterocycles. The molecule has 2 aromatic rings. The standard InChI is InChI=1S/C19H23FN2O5S/c1-5-26-18(23)15-16(21-22-10-19(3,4)11-27-17(15)22)13-8-7-12(9-14(13)20)28(24,25)6-2/h7-9H,5-6,10-11H2,1-4H3. The van der Waals surface area contributed by atoms with E-state index in [-0.39, 0.29) is 45.4 Å². The van der Waals surface area contributed by atoms with Gasteiger partial charge in [-0.15, -0.1) is 0 Å². The van der Waals surface area contributed by atoms with Crippen molar-refractivity contribution in [2.45, 2.75) is 39.1 Å². The van der Waals surface area contributed by atoms with E-state index in [9.17, 15) is 17.6 Å². The summed E-state index contributed by atoms with van der Waals surface area (Å²) in [5.74, 6) is -1.35. The van der Waals surface area contributed by atoms with Gasteiger partial charge in [-0.05, 0) is 25.1 Å². The third-order valence-corrected chi connectivity index (χ3v) is 6.23. The monoisotopic (exact) mass is 410 g/mol. The fourth-order valence-electron chi connectivity index (χ4n) is 3.04. The van der Waals surface area contributed by atoms with E-state index in [0.717, 1.165) is 6.07 Å². The number of aromatic nitrogens is 2. The summed E-state index contributed by atoms with van der Waals surface area (Å²) in [5, 5.41) is 4.39. The van der Waals surface area contributed by atoms with Crippen LogP contribution in [-0.4, -0.2) is 43.1 Å². The molecule has 0 unspecified atom stereocenters. The lowest BCUT2D eigenvalue weighted by molar-refractivity contribution is 0.0506. The number of fused-ring (bicyclic) bond motifs is 1. The maximum Gasteiger partial charge on any atom is 0.345 e. The molecule has 1 aromatic carbocycles. The normalized spacial score (nSPS) is 15.6. The van der Waals surface area contributed by atoms with Crippen molar-refractivity contribution in [2.24, 2.45) is 5.41 Å². The molecular weight excluding hydrogens is 387 g/mol. The van der Waals surface area contributed by atoms with Gasteiger partial charge in [0.05, 0.1) is 30.4 Å². The van der Waals surface area contributed by atoms with Gasteiger partial charge in [-0.25, -0.2) is 22.3 Å². The average Bonchev–Trinajstić information content (AvgIpc) is 2.98. The van der Waals surface area contributed by atoms with Crippen LogP contribution in [0.1, 0.15) is 38.1 Å². The number of carbonyl (C=O) groups excluding carboxylic acids is 1. The van der Waals surface area contributed by atoms with Crippen molar-refractivity contribution < 1.29 is 27.1 Å². The van der Waals surface area contributed by atoms with E-state index in [1.807, 2.05) is 13.8 Å². The summed E-state index contributed by atoms with van der Waals surface area (Å²) in [5.41, 5.74) is -0.0762. The van der Waals surface area contributed by atoms with Gasteiger partial charge >= 0.3 is 5.97 Å². The minimum atomic E-state index is -3.55. The lowest BCUT2D eigenvalue weighted by Crippen LogP contribution is -2.33. The number of carbonyl (C=O) groups is 1. The second-order valence-electron chi connectivity index (χ2n) is 7.40. The van der Waals surface area contributed by atoms with Crippen LogP contribution in [0.4, 0.5) is 4.39 Å². The van der Waals surface area contributed by atoms with Crippen LogP contribution >= 0.6 is 0 Å². The predicted octanol–water partition coefficient (Wildman–Crippen LogP) is 3.08. The molecule has 3 rings (SSSR count). The van der Waals surface area contributed by atoms with Crippen molar-refractivity contribution in [2.75, 3.05) is 19.0 Å². The number of sulfone groups is 1. The first kappa shape index (κ1) is 20.3. The Morgan fingerprint density at radius 1 is 1.36 bits per heavy atom. The fourth-order valence-corrected chi connectivity index (χ4v) is 3.93. The van der Waals surface area contributed by atoms with Crippen LogP contribution in [0.25, 0.3) is 11.3 Å². The van der Waals surface area contributed by atoms with E-state index in [1.54, 1.807) is 6.92 Å². The number of hydrogen-bond acceptors (Lipinski definition) is 6. The highest BCUT2D eigenvalue weighted by molar-refractivity contribution is 7.91. The van der Waals surface area contributed by atoms with Gasteiger partial charge in [-0.2, -0.15) is 5.10 Å². The average molecular weight is 410 g/mol. The molecule has 0 radical (unpaired) electrons. The van der Waals surface area contributed by atoms with Crippen molar-refractivity contribution in [3.63, 3.8) is 0 Å². The molecule has 0 fully saturated rings. The SMILES string of the molecule is CCOC(=O)c1c(-c2ccc(S(=O)(=O)CC)cc2F)nn2c1OCC(C)(C)C2. The molecule has 0 atom stereocenters. The first-order chi connectivity index (χ1) is 13.1. The molecular formula is C19H23FN2O5S. The molecule has 1 aliphatic rings. The van der Waals surface area contributed by atoms with Gasteiger partial charge in [0.1, 0.15) is 17.1 Å². The van der Waals surface area contributed by atoms with Crippen LogP contribution in [-0.2, 0) is 21.1 Å². The smallest absolute Gasteiger partial charge is 0.345 e. The Kier molecular flexibility index (Phi) is 5.22. The summed E-state index contributed by atoms with van der Waals surface area (Å²) in [7, 11) is -3.55. The van der Waals surface area contributed by atoms with Crippen LogP contribution in [0, 0.1) is 11.2 Å². The maximum absolute atomic E-state index is 14.8. The zero-order chi connectivity index (χ0) is 20.7. The van der Waals surface area contributed by atoms with Crippen LogP contribution in [0.2, 0.25) is 0 Å². The first-order valence-electron chi connectivity index (χ1n) is 9.03. The highest BCUT2D eigenvalue weighted by Gasteiger charge is 2.35. The van der Waals surface area contributed by atoms with Crippen molar-refractivity contribution in [3.8, 4) is 17.1 Å². The molecule has 0 bridgehead atoms. The molecule has 0 saturated heterocycles. The van der Waals surface area contributed by atoms with Crippen molar-refractivity contribution in [3.05, 3.63) is 29.6 Å².